The van der Waals surface area contributed by atoms with Crippen LogP contribution in [0.1, 0.15) is 35.4 Å². The van der Waals surface area contributed by atoms with E-state index in [1.165, 1.54) is 20.3 Å². The maximum atomic E-state index is 12.6. The van der Waals surface area contributed by atoms with Crippen molar-refractivity contribution in [3.63, 3.8) is 0 Å². The van der Waals surface area contributed by atoms with Gasteiger partial charge >= 0.3 is 11.9 Å². The summed E-state index contributed by atoms with van der Waals surface area (Å²) in [6, 6.07) is 0.992. The molecule has 1 heterocycles. The number of carboxylic acid groups (broad SMARTS) is 1. The fraction of sp³-hybridized carbons (Fsp3) is 0.571. The fourth-order valence-electron chi connectivity index (χ4n) is 2.62. The Labute approximate surface area is 143 Å². The van der Waals surface area contributed by atoms with Gasteiger partial charge in [-0.15, -0.1) is 11.3 Å². The molecule has 1 aliphatic rings. The van der Waals surface area contributed by atoms with Crippen LogP contribution in [-0.4, -0.2) is 45.7 Å². The number of carbonyl (C=O) groups is 2. The monoisotopic (exact) mass is 377 g/mol. The van der Waals surface area contributed by atoms with Gasteiger partial charge in [0.1, 0.15) is 4.88 Å². The van der Waals surface area contributed by atoms with Crippen LogP contribution in [0.3, 0.4) is 0 Å². The van der Waals surface area contributed by atoms with Crippen LogP contribution in [0.25, 0.3) is 0 Å². The first-order valence-corrected chi connectivity index (χ1v) is 9.59. The maximum absolute atomic E-state index is 12.6. The van der Waals surface area contributed by atoms with Gasteiger partial charge in [-0.3, -0.25) is 4.79 Å². The standard InChI is InChI=1S/C14H19NO7S2/c1-21-10-7-11(13(18)22-2)23-14(10)24(19,20)15-9-5-3-8(4-6-9)12(16)17/h7-9,15H,3-6H2,1-2H3,(H,16,17). The van der Waals surface area contributed by atoms with Crippen molar-refractivity contribution in [1.29, 1.82) is 0 Å². The average Bonchev–Trinajstić information content (AvgIpc) is 2.99. The second kappa shape index (κ2) is 7.49. The van der Waals surface area contributed by atoms with E-state index in [0.29, 0.717) is 25.7 Å². The highest BCUT2D eigenvalue weighted by molar-refractivity contribution is 7.91. The molecule has 1 aromatic rings. The number of hydrogen-bond donors (Lipinski definition) is 2. The van der Waals surface area contributed by atoms with Gasteiger partial charge in [0.05, 0.1) is 20.1 Å². The van der Waals surface area contributed by atoms with Crippen LogP contribution in [-0.2, 0) is 19.6 Å². The molecule has 1 aliphatic carbocycles. The van der Waals surface area contributed by atoms with Gasteiger partial charge in [0.25, 0.3) is 10.0 Å². The van der Waals surface area contributed by atoms with E-state index in [-0.39, 0.29) is 20.9 Å². The van der Waals surface area contributed by atoms with Crippen LogP contribution in [0.2, 0.25) is 0 Å². The summed E-state index contributed by atoms with van der Waals surface area (Å²) in [4.78, 5) is 22.7. The third-order valence-electron chi connectivity index (χ3n) is 3.91. The van der Waals surface area contributed by atoms with Gasteiger partial charge in [0.2, 0.25) is 0 Å². The molecule has 0 amide bonds. The molecule has 0 unspecified atom stereocenters. The molecule has 2 N–H and O–H groups in total. The first-order valence-electron chi connectivity index (χ1n) is 7.29. The summed E-state index contributed by atoms with van der Waals surface area (Å²) >= 11 is 0.774. The van der Waals surface area contributed by atoms with E-state index < -0.39 is 27.9 Å². The van der Waals surface area contributed by atoms with E-state index >= 15 is 0 Å². The molecule has 0 aromatic carbocycles. The Morgan fingerprint density at radius 1 is 1.25 bits per heavy atom. The predicted octanol–water partition coefficient (Wildman–Crippen LogP) is 1.46. The zero-order valence-corrected chi connectivity index (χ0v) is 14.9. The van der Waals surface area contributed by atoms with Crippen molar-refractivity contribution in [2.24, 2.45) is 5.92 Å². The van der Waals surface area contributed by atoms with Gasteiger partial charge in [-0.1, -0.05) is 0 Å². The second-order valence-corrected chi connectivity index (χ2v) is 8.43. The van der Waals surface area contributed by atoms with Crippen molar-refractivity contribution >= 4 is 33.3 Å². The van der Waals surface area contributed by atoms with E-state index in [9.17, 15) is 18.0 Å². The summed E-state index contributed by atoms with van der Waals surface area (Å²) in [6.07, 6.45) is 1.76. The van der Waals surface area contributed by atoms with Crippen LogP contribution in [0.15, 0.2) is 10.3 Å². The number of thiophene rings is 1. The fourth-order valence-corrected chi connectivity index (χ4v) is 5.44. The average molecular weight is 377 g/mol. The van der Waals surface area contributed by atoms with Crippen molar-refractivity contribution in [2.45, 2.75) is 35.9 Å². The molecule has 1 saturated carbocycles. The molecule has 0 atom stereocenters. The predicted molar refractivity (Wildman–Crippen MR) is 85.9 cm³/mol. The largest absolute Gasteiger partial charge is 0.494 e. The van der Waals surface area contributed by atoms with Gasteiger partial charge in [0.15, 0.2) is 9.96 Å². The number of esters is 1. The Kier molecular flexibility index (Phi) is 5.83. The number of aliphatic carboxylic acids is 1. The molecule has 10 heteroatoms. The molecule has 134 valence electrons. The molecule has 0 spiro atoms. The van der Waals surface area contributed by atoms with Gasteiger partial charge < -0.3 is 14.6 Å². The molecule has 2 rings (SSSR count). The van der Waals surface area contributed by atoms with Gasteiger partial charge in [-0.25, -0.2) is 17.9 Å². The number of ether oxygens (including phenoxy) is 2. The maximum Gasteiger partial charge on any atom is 0.348 e. The quantitative estimate of drug-likeness (QED) is 0.720. The summed E-state index contributed by atoms with van der Waals surface area (Å²) in [7, 11) is -1.34. The first kappa shape index (κ1) is 18.7. The summed E-state index contributed by atoms with van der Waals surface area (Å²) in [6.45, 7) is 0. The number of sulfonamides is 1. The van der Waals surface area contributed by atoms with Gasteiger partial charge in [0, 0.05) is 12.1 Å². The van der Waals surface area contributed by atoms with Crippen molar-refractivity contribution in [3.05, 3.63) is 10.9 Å². The Morgan fingerprint density at radius 3 is 2.38 bits per heavy atom. The summed E-state index contributed by atoms with van der Waals surface area (Å²) in [5.41, 5.74) is 0. The van der Waals surface area contributed by atoms with Gasteiger partial charge in [-0.05, 0) is 25.7 Å². The lowest BCUT2D eigenvalue weighted by molar-refractivity contribution is -0.142. The highest BCUT2D eigenvalue weighted by Crippen LogP contribution is 2.35. The molecular weight excluding hydrogens is 358 g/mol. The molecule has 1 fully saturated rings. The zero-order chi connectivity index (χ0) is 17.9. The zero-order valence-electron chi connectivity index (χ0n) is 13.3. The topological polar surface area (TPSA) is 119 Å². The number of rotatable bonds is 6. The van der Waals surface area contributed by atoms with E-state index in [0.717, 1.165) is 11.3 Å². The summed E-state index contributed by atoms with van der Waals surface area (Å²) in [5, 5.41) is 8.98. The number of methoxy groups -OCH3 is 2. The number of nitrogens with one attached hydrogen (secondary N) is 1. The summed E-state index contributed by atoms with van der Waals surface area (Å²) < 4.78 is 37.3. The van der Waals surface area contributed by atoms with Crippen LogP contribution in [0.4, 0.5) is 0 Å². The second-order valence-electron chi connectivity index (χ2n) is 5.47. The number of carboxylic acids is 1. The molecule has 0 aliphatic heterocycles. The molecule has 0 radical (unpaired) electrons. The van der Waals surface area contributed by atoms with Crippen molar-refractivity contribution < 1.29 is 32.6 Å². The van der Waals surface area contributed by atoms with Crippen LogP contribution < -0.4 is 9.46 Å². The molecule has 0 bridgehead atoms. The minimum atomic E-state index is -3.87. The highest BCUT2D eigenvalue weighted by atomic mass is 32.2. The lowest BCUT2D eigenvalue weighted by Gasteiger charge is -2.26. The van der Waals surface area contributed by atoms with E-state index in [2.05, 4.69) is 9.46 Å². The van der Waals surface area contributed by atoms with Crippen LogP contribution in [0, 0.1) is 5.92 Å². The van der Waals surface area contributed by atoms with E-state index in [4.69, 9.17) is 9.84 Å². The number of carbonyl (C=O) groups excluding carboxylic acids is 1. The summed E-state index contributed by atoms with van der Waals surface area (Å²) in [5.74, 6) is -1.83. The molecule has 0 saturated heterocycles. The normalized spacial score (nSPS) is 21.2. The minimum absolute atomic E-state index is 0.0760. The van der Waals surface area contributed by atoms with Gasteiger partial charge in [-0.2, -0.15) is 0 Å². The Balaban J connectivity index is 2.15. The molecular formula is C14H19NO7S2. The SMILES string of the molecule is COC(=O)c1cc(OC)c(S(=O)(=O)NC2CCC(C(=O)O)CC2)s1. The number of hydrogen-bond acceptors (Lipinski definition) is 7. The molecule has 24 heavy (non-hydrogen) atoms. The lowest BCUT2D eigenvalue weighted by atomic mass is 9.87. The first-order chi connectivity index (χ1) is 11.3. The van der Waals surface area contributed by atoms with E-state index in [1.807, 2.05) is 0 Å². The third kappa shape index (κ3) is 4.05. The molecule has 1 aromatic heterocycles. The smallest absolute Gasteiger partial charge is 0.348 e. The van der Waals surface area contributed by atoms with Crippen LogP contribution >= 0.6 is 11.3 Å². The Morgan fingerprint density at radius 2 is 1.88 bits per heavy atom. The third-order valence-corrected chi connectivity index (χ3v) is 7.05. The van der Waals surface area contributed by atoms with Crippen molar-refractivity contribution in [3.8, 4) is 5.75 Å². The lowest BCUT2D eigenvalue weighted by Crippen LogP contribution is -2.38. The Hall–Kier alpha value is -1.65. The molecule has 8 nitrogen and oxygen atoms in total. The Bertz CT molecular complexity index is 717. The van der Waals surface area contributed by atoms with Crippen LogP contribution in [0.5, 0.6) is 5.75 Å². The van der Waals surface area contributed by atoms with Crippen molar-refractivity contribution in [2.75, 3.05) is 14.2 Å². The highest BCUT2D eigenvalue weighted by Gasteiger charge is 2.31. The minimum Gasteiger partial charge on any atom is -0.494 e. The van der Waals surface area contributed by atoms with Crippen molar-refractivity contribution in [1.82, 2.24) is 4.72 Å². The van der Waals surface area contributed by atoms with E-state index in [1.54, 1.807) is 0 Å².